The van der Waals surface area contributed by atoms with Gasteiger partial charge in [0.25, 0.3) is 5.91 Å². The number of carbonyl (C=O) groups excluding carboxylic acids is 1. The first kappa shape index (κ1) is 17.2. The quantitative estimate of drug-likeness (QED) is 0.555. The van der Waals surface area contributed by atoms with Crippen molar-refractivity contribution in [2.45, 2.75) is 6.54 Å². The second kappa shape index (κ2) is 6.62. The highest BCUT2D eigenvalue weighted by Gasteiger charge is 2.19. The van der Waals surface area contributed by atoms with E-state index in [4.69, 9.17) is 9.47 Å². The molecular formula is C20H18N6O3. The molecule has 0 unspecified atom stereocenters. The molecule has 2 N–H and O–H groups in total. The molecule has 1 aliphatic rings. The summed E-state index contributed by atoms with van der Waals surface area (Å²) in [6.45, 7) is 1.39. The van der Waals surface area contributed by atoms with Gasteiger partial charge in [-0.15, -0.1) is 0 Å². The Labute approximate surface area is 165 Å². The lowest BCUT2D eigenvalue weighted by molar-refractivity contribution is 0.0996. The summed E-state index contributed by atoms with van der Waals surface area (Å²) in [5, 5.41) is 4.23. The predicted octanol–water partition coefficient (Wildman–Crippen LogP) is 2.10. The lowest BCUT2D eigenvalue weighted by atomic mass is 10.2. The van der Waals surface area contributed by atoms with Crippen LogP contribution in [0.4, 0.5) is 5.82 Å². The van der Waals surface area contributed by atoms with Crippen molar-refractivity contribution in [1.82, 2.24) is 19.5 Å². The number of anilines is 1. The molecule has 29 heavy (non-hydrogen) atoms. The number of aromatic amines is 1. The summed E-state index contributed by atoms with van der Waals surface area (Å²) < 4.78 is 12.7. The maximum atomic E-state index is 12.8. The molecule has 0 radical (unpaired) electrons. The number of nitrogens with zero attached hydrogens (tertiary/aromatic N) is 4. The van der Waals surface area contributed by atoms with E-state index in [-0.39, 0.29) is 5.91 Å². The van der Waals surface area contributed by atoms with Crippen molar-refractivity contribution in [2.24, 2.45) is 4.99 Å². The van der Waals surface area contributed by atoms with Gasteiger partial charge >= 0.3 is 0 Å². The van der Waals surface area contributed by atoms with Crippen molar-refractivity contribution in [3.63, 3.8) is 0 Å². The first-order valence-electron chi connectivity index (χ1n) is 9.10. The molecule has 2 aromatic carbocycles. The van der Waals surface area contributed by atoms with Gasteiger partial charge in [-0.2, -0.15) is 4.99 Å². The van der Waals surface area contributed by atoms with Gasteiger partial charge in [0.05, 0.1) is 37.1 Å². The van der Waals surface area contributed by atoms with Crippen molar-refractivity contribution in [1.29, 1.82) is 0 Å². The van der Waals surface area contributed by atoms with E-state index in [0.29, 0.717) is 34.7 Å². The Morgan fingerprint density at radius 2 is 1.97 bits per heavy atom. The Hall–Kier alpha value is -3.88. The van der Waals surface area contributed by atoms with Crippen LogP contribution in [0.15, 0.2) is 41.7 Å². The number of nitrogens with one attached hydrogen (secondary N) is 2. The lowest BCUT2D eigenvalue weighted by Crippen LogP contribution is -2.24. The minimum atomic E-state index is -0.365. The van der Waals surface area contributed by atoms with Gasteiger partial charge in [0.15, 0.2) is 11.5 Å². The van der Waals surface area contributed by atoms with Gasteiger partial charge in [-0.1, -0.05) is 0 Å². The number of fused-ring (bicyclic) bond motifs is 4. The van der Waals surface area contributed by atoms with Crippen LogP contribution < -0.4 is 20.4 Å². The highest BCUT2D eigenvalue weighted by Crippen LogP contribution is 2.34. The molecule has 1 aliphatic heterocycles. The number of amides is 1. The summed E-state index contributed by atoms with van der Waals surface area (Å²) in [6, 6.07) is 8.91. The van der Waals surface area contributed by atoms with Crippen LogP contribution in [-0.4, -0.2) is 46.2 Å². The van der Waals surface area contributed by atoms with E-state index < -0.39 is 0 Å². The molecule has 0 aliphatic carbocycles. The standard InChI is InChI=1S/C20H18N6O3/c1-28-16-8-12-14(9-17(16)29-2)24-20(26-6-5-21-18(12)26)25-19(27)11-3-4-13-15(7-11)23-10-22-13/h3-4,7-10,21H,5-6H2,1-2H3,(H,22,23). The van der Waals surface area contributed by atoms with Crippen molar-refractivity contribution in [3.05, 3.63) is 47.8 Å². The maximum absolute atomic E-state index is 12.8. The number of benzene rings is 2. The third-order valence-electron chi connectivity index (χ3n) is 4.99. The molecule has 0 atom stereocenters. The average molecular weight is 390 g/mol. The van der Waals surface area contributed by atoms with Crippen molar-refractivity contribution >= 4 is 33.7 Å². The van der Waals surface area contributed by atoms with E-state index in [9.17, 15) is 4.79 Å². The van der Waals surface area contributed by atoms with Crippen molar-refractivity contribution in [3.8, 4) is 11.5 Å². The van der Waals surface area contributed by atoms with E-state index in [1.54, 1.807) is 44.8 Å². The summed E-state index contributed by atoms with van der Waals surface area (Å²) in [5.74, 6) is 1.67. The van der Waals surface area contributed by atoms with Gasteiger partial charge in [-0.05, 0) is 24.3 Å². The van der Waals surface area contributed by atoms with Crippen LogP contribution in [0, 0.1) is 0 Å². The number of H-pyrrole nitrogens is 1. The smallest absolute Gasteiger partial charge is 0.280 e. The molecule has 0 spiro atoms. The van der Waals surface area contributed by atoms with Gasteiger partial charge in [-0.25, -0.2) is 9.97 Å². The zero-order valence-corrected chi connectivity index (χ0v) is 15.9. The summed E-state index contributed by atoms with van der Waals surface area (Å²) in [6.07, 6.45) is 1.59. The molecule has 1 amide bonds. The fraction of sp³-hybridized carbons (Fsp3) is 0.200. The first-order valence-corrected chi connectivity index (χ1v) is 9.10. The Morgan fingerprint density at radius 1 is 1.14 bits per heavy atom. The fourth-order valence-corrected chi connectivity index (χ4v) is 3.56. The molecular weight excluding hydrogens is 372 g/mol. The highest BCUT2D eigenvalue weighted by atomic mass is 16.5. The molecule has 0 saturated heterocycles. The Morgan fingerprint density at radius 3 is 2.79 bits per heavy atom. The number of imidazole rings is 1. The maximum Gasteiger partial charge on any atom is 0.280 e. The lowest BCUT2D eigenvalue weighted by Gasteiger charge is -2.12. The number of methoxy groups -OCH3 is 2. The van der Waals surface area contributed by atoms with E-state index in [1.807, 2.05) is 10.6 Å². The third kappa shape index (κ3) is 2.78. The summed E-state index contributed by atoms with van der Waals surface area (Å²) in [7, 11) is 3.17. The molecule has 0 saturated carbocycles. The third-order valence-corrected chi connectivity index (χ3v) is 4.99. The second-order valence-corrected chi connectivity index (χ2v) is 6.61. The number of hydrogen-bond acceptors (Lipinski definition) is 6. The van der Waals surface area contributed by atoms with E-state index in [1.165, 1.54) is 0 Å². The van der Waals surface area contributed by atoms with Crippen LogP contribution in [-0.2, 0) is 6.54 Å². The van der Waals surface area contributed by atoms with Crippen molar-refractivity contribution in [2.75, 3.05) is 26.1 Å². The van der Waals surface area contributed by atoms with Crippen LogP contribution in [0.25, 0.3) is 21.9 Å². The molecule has 9 heteroatoms. The summed E-state index contributed by atoms with van der Waals surface area (Å²) in [5.41, 5.74) is 3.06. The fourth-order valence-electron chi connectivity index (χ4n) is 3.56. The summed E-state index contributed by atoms with van der Waals surface area (Å²) in [4.78, 5) is 28.9. The number of ether oxygens (including phenoxy) is 2. The van der Waals surface area contributed by atoms with E-state index in [0.717, 1.165) is 28.8 Å². The van der Waals surface area contributed by atoms with Gasteiger partial charge in [0.1, 0.15) is 5.82 Å². The number of hydrogen-bond donors (Lipinski definition) is 2. The highest BCUT2D eigenvalue weighted by molar-refractivity contribution is 5.98. The van der Waals surface area contributed by atoms with Crippen LogP contribution in [0.2, 0.25) is 0 Å². The first-order chi connectivity index (χ1) is 14.2. The van der Waals surface area contributed by atoms with Crippen LogP contribution in [0.3, 0.4) is 0 Å². The molecule has 0 bridgehead atoms. The second-order valence-electron chi connectivity index (χ2n) is 6.61. The summed E-state index contributed by atoms with van der Waals surface area (Å²) >= 11 is 0. The molecule has 3 heterocycles. The average Bonchev–Trinajstić information content (AvgIpc) is 3.42. The van der Waals surface area contributed by atoms with Crippen LogP contribution >= 0.6 is 0 Å². The van der Waals surface area contributed by atoms with Gasteiger partial charge < -0.3 is 19.8 Å². The van der Waals surface area contributed by atoms with Gasteiger partial charge in [-0.3, -0.25) is 9.36 Å². The Balaban J connectivity index is 1.68. The molecule has 5 rings (SSSR count). The van der Waals surface area contributed by atoms with Crippen LogP contribution in [0.1, 0.15) is 10.4 Å². The minimum Gasteiger partial charge on any atom is -0.493 e. The number of aromatic nitrogens is 4. The zero-order chi connectivity index (χ0) is 20.0. The molecule has 2 aromatic heterocycles. The minimum absolute atomic E-state index is 0.347. The molecule has 9 nitrogen and oxygen atoms in total. The number of rotatable bonds is 3. The SMILES string of the molecule is COc1cc2nc(=NC(=O)c3ccc4nc[nH]c4c3)n3c(c2cc1OC)NCC3. The zero-order valence-electron chi connectivity index (χ0n) is 15.9. The topological polar surface area (TPSA) is 106 Å². The van der Waals surface area contributed by atoms with E-state index in [2.05, 4.69) is 25.3 Å². The largest absolute Gasteiger partial charge is 0.493 e. The molecule has 4 aromatic rings. The van der Waals surface area contributed by atoms with Crippen LogP contribution in [0.5, 0.6) is 11.5 Å². The van der Waals surface area contributed by atoms with Gasteiger partial charge in [0.2, 0.25) is 5.62 Å². The predicted molar refractivity (Wildman–Crippen MR) is 107 cm³/mol. The molecule has 0 fully saturated rings. The van der Waals surface area contributed by atoms with E-state index >= 15 is 0 Å². The molecule has 146 valence electrons. The van der Waals surface area contributed by atoms with Crippen molar-refractivity contribution < 1.29 is 14.3 Å². The number of carbonyl (C=O) groups is 1. The monoisotopic (exact) mass is 390 g/mol. The Bertz CT molecular complexity index is 1340. The normalized spacial score (nSPS) is 13.5. The van der Waals surface area contributed by atoms with Gasteiger partial charge in [0, 0.05) is 30.1 Å². The Kier molecular flexibility index (Phi) is 3.94.